The third kappa shape index (κ3) is 4.07. The zero-order chi connectivity index (χ0) is 15.6. The molecule has 124 valence electrons. The van der Waals surface area contributed by atoms with Crippen LogP contribution < -0.4 is 11.1 Å². The van der Waals surface area contributed by atoms with Gasteiger partial charge in [-0.1, -0.05) is 31.4 Å². The lowest BCUT2D eigenvalue weighted by Gasteiger charge is -2.31. The van der Waals surface area contributed by atoms with Crippen molar-refractivity contribution >= 4 is 34.8 Å². The van der Waals surface area contributed by atoms with Gasteiger partial charge < -0.3 is 11.1 Å². The number of carbonyl (C=O) groups is 1. The van der Waals surface area contributed by atoms with Crippen molar-refractivity contribution in [2.45, 2.75) is 37.6 Å². The Morgan fingerprint density at radius 2 is 2.04 bits per heavy atom. The number of halogens is 2. The first kappa shape index (κ1) is 17.8. The van der Waals surface area contributed by atoms with Gasteiger partial charge in [-0.05, 0) is 25.0 Å². The van der Waals surface area contributed by atoms with E-state index in [2.05, 4.69) is 10.3 Å². The van der Waals surface area contributed by atoms with Gasteiger partial charge >= 0.3 is 0 Å². The molecule has 0 aliphatic heterocycles. The van der Waals surface area contributed by atoms with Crippen LogP contribution in [-0.4, -0.2) is 16.4 Å². The smallest absolute Gasteiger partial charge is 0.246 e. The van der Waals surface area contributed by atoms with E-state index >= 15 is 0 Å². The summed E-state index contributed by atoms with van der Waals surface area (Å²) in [6.45, 7) is 0. The molecule has 1 amide bonds. The minimum Gasteiger partial charge on any atom is -0.317 e. The van der Waals surface area contributed by atoms with Gasteiger partial charge in [0.2, 0.25) is 5.91 Å². The van der Waals surface area contributed by atoms with E-state index in [0.29, 0.717) is 29.2 Å². The average molecular weight is 356 g/mol. The minimum absolute atomic E-state index is 0. The van der Waals surface area contributed by atoms with Crippen molar-refractivity contribution in [1.82, 2.24) is 4.98 Å². The van der Waals surface area contributed by atoms with Crippen LogP contribution in [0.15, 0.2) is 29.6 Å². The third-order valence-electron chi connectivity index (χ3n) is 4.04. The number of thiazole rings is 1. The Balaban J connectivity index is 0.00000192. The Labute approximate surface area is 144 Å². The summed E-state index contributed by atoms with van der Waals surface area (Å²) in [6.07, 6.45) is 4.52. The van der Waals surface area contributed by atoms with Gasteiger partial charge in [0, 0.05) is 10.9 Å². The van der Waals surface area contributed by atoms with Crippen LogP contribution in [0.1, 0.15) is 32.1 Å². The fourth-order valence-electron chi connectivity index (χ4n) is 2.74. The van der Waals surface area contributed by atoms with Gasteiger partial charge in [-0.15, -0.1) is 23.7 Å². The molecule has 0 unspecified atom stereocenters. The molecular weight excluding hydrogens is 337 g/mol. The highest BCUT2D eigenvalue weighted by molar-refractivity contribution is 7.14. The summed E-state index contributed by atoms with van der Waals surface area (Å²) in [6, 6.07) is 6.24. The molecule has 1 aromatic carbocycles. The molecule has 1 heterocycles. The van der Waals surface area contributed by atoms with E-state index in [1.54, 1.807) is 17.5 Å². The monoisotopic (exact) mass is 355 g/mol. The molecule has 7 heteroatoms. The highest BCUT2D eigenvalue weighted by Gasteiger charge is 2.35. The highest BCUT2D eigenvalue weighted by Crippen LogP contribution is 2.29. The number of rotatable bonds is 3. The number of carbonyl (C=O) groups excluding carboxylic acids is 1. The molecule has 1 aromatic heterocycles. The maximum absolute atomic E-state index is 13.3. The van der Waals surface area contributed by atoms with Gasteiger partial charge in [0.25, 0.3) is 0 Å². The van der Waals surface area contributed by atoms with Crippen molar-refractivity contribution in [2.24, 2.45) is 5.73 Å². The van der Waals surface area contributed by atoms with Crippen LogP contribution in [0, 0.1) is 5.82 Å². The molecule has 0 bridgehead atoms. The number of amides is 1. The number of benzene rings is 1. The second-order valence-corrected chi connectivity index (χ2v) is 6.58. The topological polar surface area (TPSA) is 68.0 Å². The minimum atomic E-state index is -0.789. The van der Waals surface area contributed by atoms with Crippen molar-refractivity contribution in [3.8, 4) is 11.3 Å². The average Bonchev–Trinajstić information content (AvgIpc) is 2.96. The van der Waals surface area contributed by atoms with E-state index in [9.17, 15) is 9.18 Å². The second kappa shape index (κ2) is 7.38. The molecule has 0 saturated heterocycles. The van der Waals surface area contributed by atoms with Gasteiger partial charge in [0.05, 0.1) is 11.2 Å². The molecule has 3 N–H and O–H groups in total. The van der Waals surface area contributed by atoms with E-state index in [1.165, 1.54) is 23.5 Å². The quantitative estimate of drug-likeness (QED) is 0.875. The molecule has 3 rings (SSSR count). The van der Waals surface area contributed by atoms with Crippen molar-refractivity contribution in [2.75, 3.05) is 5.32 Å². The SMILES string of the molecule is Cl.NC1(C(=O)Nc2nc(-c3cccc(F)c3)cs2)CCCCC1. The third-order valence-corrected chi connectivity index (χ3v) is 4.80. The summed E-state index contributed by atoms with van der Waals surface area (Å²) in [5, 5.41) is 5.11. The van der Waals surface area contributed by atoms with E-state index in [1.807, 2.05) is 0 Å². The second-order valence-electron chi connectivity index (χ2n) is 5.72. The lowest BCUT2D eigenvalue weighted by atomic mass is 9.82. The van der Waals surface area contributed by atoms with Crippen molar-refractivity contribution in [1.29, 1.82) is 0 Å². The summed E-state index contributed by atoms with van der Waals surface area (Å²) >= 11 is 1.32. The maximum Gasteiger partial charge on any atom is 0.246 e. The fraction of sp³-hybridized carbons (Fsp3) is 0.375. The highest BCUT2D eigenvalue weighted by atomic mass is 35.5. The van der Waals surface area contributed by atoms with Crippen LogP contribution in [0.25, 0.3) is 11.3 Å². The predicted molar refractivity (Wildman–Crippen MR) is 93.4 cm³/mol. The number of nitrogens with zero attached hydrogens (tertiary/aromatic N) is 1. The Kier molecular flexibility index (Phi) is 5.73. The summed E-state index contributed by atoms with van der Waals surface area (Å²) in [5.41, 5.74) is 6.75. The van der Waals surface area contributed by atoms with Crippen molar-refractivity contribution in [3.05, 3.63) is 35.5 Å². The van der Waals surface area contributed by atoms with Gasteiger partial charge in [-0.25, -0.2) is 9.37 Å². The summed E-state index contributed by atoms with van der Waals surface area (Å²) in [4.78, 5) is 16.7. The Morgan fingerprint density at radius 1 is 1.30 bits per heavy atom. The normalized spacial score (nSPS) is 16.4. The van der Waals surface area contributed by atoms with E-state index < -0.39 is 5.54 Å². The van der Waals surface area contributed by atoms with Crippen LogP contribution in [0.2, 0.25) is 0 Å². The molecule has 1 fully saturated rings. The van der Waals surface area contributed by atoms with Crippen molar-refractivity contribution in [3.63, 3.8) is 0 Å². The van der Waals surface area contributed by atoms with Crippen molar-refractivity contribution < 1.29 is 9.18 Å². The molecule has 0 atom stereocenters. The maximum atomic E-state index is 13.3. The van der Waals surface area contributed by atoms with Crippen LogP contribution in [0.5, 0.6) is 0 Å². The van der Waals surface area contributed by atoms with Gasteiger partial charge in [0.15, 0.2) is 5.13 Å². The van der Waals surface area contributed by atoms with Gasteiger partial charge in [-0.2, -0.15) is 0 Å². The largest absolute Gasteiger partial charge is 0.317 e. The zero-order valence-corrected chi connectivity index (χ0v) is 14.2. The van der Waals surface area contributed by atoms with Crippen LogP contribution in [0.3, 0.4) is 0 Å². The molecule has 1 saturated carbocycles. The number of hydrogen-bond acceptors (Lipinski definition) is 4. The van der Waals surface area contributed by atoms with Crippen LogP contribution in [-0.2, 0) is 4.79 Å². The summed E-state index contributed by atoms with van der Waals surface area (Å²) in [5.74, 6) is -0.480. The molecule has 0 spiro atoms. The lowest BCUT2D eigenvalue weighted by Crippen LogP contribution is -2.52. The molecule has 4 nitrogen and oxygen atoms in total. The molecule has 23 heavy (non-hydrogen) atoms. The summed E-state index contributed by atoms with van der Waals surface area (Å²) in [7, 11) is 0. The molecule has 1 aliphatic carbocycles. The predicted octanol–water partition coefficient (Wildman–Crippen LogP) is 3.97. The van der Waals surface area contributed by atoms with Gasteiger partial charge in [0.1, 0.15) is 5.82 Å². The first-order valence-electron chi connectivity index (χ1n) is 7.39. The fourth-order valence-corrected chi connectivity index (χ4v) is 3.46. The Hall–Kier alpha value is -1.50. The first-order valence-corrected chi connectivity index (χ1v) is 8.27. The molecule has 2 aromatic rings. The van der Waals surface area contributed by atoms with Crippen LogP contribution in [0.4, 0.5) is 9.52 Å². The lowest BCUT2D eigenvalue weighted by molar-refractivity contribution is -0.122. The Morgan fingerprint density at radius 3 is 2.74 bits per heavy atom. The molecule has 0 radical (unpaired) electrons. The zero-order valence-electron chi connectivity index (χ0n) is 12.5. The molecular formula is C16H19ClFN3OS. The van der Waals surface area contributed by atoms with Crippen LogP contribution >= 0.6 is 23.7 Å². The van der Waals surface area contributed by atoms with E-state index in [4.69, 9.17) is 5.73 Å². The number of anilines is 1. The Bertz CT molecular complexity index is 685. The number of nitrogens with one attached hydrogen (secondary N) is 1. The van der Waals surface area contributed by atoms with Gasteiger partial charge in [-0.3, -0.25) is 4.79 Å². The number of aromatic nitrogens is 1. The van der Waals surface area contributed by atoms with E-state index in [-0.39, 0.29) is 24.1 Å². The standard InChI is InChI=1S/C16H18FN3OS.ClH/c17-12-6-4-5-11(9-12)13-10-22-15(19-13)20-14(21)16(18)7-2-1-3-8-16;/h4-6,9-10H,1-3,7-8,18H2,(H,19,20,21);1H. The van der Waals surface area contributed by atoms with E-state index in [0.717, 1.165) is 19.3 Å². The first-order chi connectivity index (χ1) is 10.6. The number of nitrogens with two attached hydrogens (primary N) is 1. The summed E-state index contributed by atoms with van der Waals surface area (Å²) < 4.78 is 13.3. The molecule has 1 aliphatic rings. The number of hydrogen-bond donors (Lipinski definition) is 2.